The summed E-state index contributed by atoms with van der Waals surface area (Å²) < 4.78 is 0. The molecule has 0 unspecified atom stereocenters. The highest BCUT2D eigenvalue weighted by Gasteiger charge is 2.34. The van der Waals surface area contributed by atoms with Crippen LogP contribution in [0.25, 0.3) is 6.08 Å². The van der Waals surface area contributed by atoms with E-state index in [0.29, 0.717) is 27.4 Å². The molecule has 2 aromatic rings. The lowest BCUT2D eigenvalue weighted by atomic mass is 10.1. The Morgan fingerprint density at radius 1 is 1.17 bits per heavy atom. The van der Waals surface area contributed by atoms with Gasteiger partial charge in [0.25, 0.3) is 17.1 Å². The summed E-state index contributed by atoms with van der Waals surface area (Å²) in [6.45, 7) is 5.08. The molecule has 1 aromatic heterocycles. The van der Waals surface area contributed by atoms with Crippen molar-refractivity contribution in [3.8, 4) is 0 Å². The monoisotopic (exact) mass is 411 g/mol. The Morgan fingerprint density at radius 3 is 2.48 bits per heavy atom. The first-order chi connectivity index (χ1) is 13.8. The molecule has 0 atom stereocenters. The van der Waals surface area contributed by atoms with E-state index in [1.807, 2.05) is 30.3 Å². The van der Waals surface area contributed by atoms with Gasteiger partial charge in [-0.2, -0.15) is 0 Å². The molecule has 150 valence electrons. The molecule has 1 aliphatic heterocycles. The maximum Gasteiger partial charge on any atom is 0.293 e. The third kappa shape index (κ3) is 4.32. The second-order valence-corrected chi connectivity index (χ2v) is 7.67. The smallest absolute Gasteiger partial charge is 0.293 e. The SMILES string of the molecule is CC(=O)c1c(C)[nH]c(C(=O)NCCN2C(=O)SC(=Cc3ccccc3)C2=O)c1C. The molecule has 0 aliphatic carbocycles. The van der Waals surface area contributed by atoms with Gasteiger partial charge in [-0.1, -0.05) is 30.3 Å². The van der Waals surface area contributed by atoms with Crippen molar-refractivity contribution in [2.75, 3.05) is 13.1 Å². The van der Waals surface area contributed by atoms with Gasteiger partial charge in [0, 0.05) is 24.3 Å². The normalized spacial score (nSPS) is 15.3. The van der Waals surface area contributed by atoms with Crippen molar-refractivity contribution in [1.82, 2.24) is 15.2 Å². The Balaban J connectivity index is 1.62. The van der Waals surface area contributed by atoms with Crippen molar-refractivity contribution in [2.24, 2.45) is 0 Å². The van der Waals surface area contributed by atoms with Crippen LogP contribution in [0.3, 0.4) is 0 Å². The first-order valence-corrected chi connectivity index (χ1v) is 9.90. The fourth-order valence-corrected chi connectivity index (χ4v) is 4.13. The Labute approximate surface area is 172 Å². The predicted molar refractivity (Wildman–Crippen MR) is 112 cm³/mol. The maximum absolute atomic E-state index is 12.5. The Morgan fingerprint density at radius 2 is 1.86 bits per heavy atom. The third-order valence-electron chi connectivity index (χ3n) is 4.61. The van der Waals surface area contributed by atoms with Gasteiger partial charge < -0.3 is 10.3 Å². The number of H-pyrrole nitrogens is 1. The van der Waals surface area contributed by atoms with E-state index >= 15 is 0 Å². The minimum Gasteiger partial charge on any atom is -0.354 e. The van der Waals surface area contributed by atoms with Crippen LogP contribution in [-0.4, -0.2) is 45.8 Å². The van der Waals surface area contributed by atoms with Gasteiger partial charge in [-0.25, -0.2) is 0 Å². The van der Waals surface area contributed by atoms with Gasteiger partial charge in [-0.3, -0.25) is 24.1 Å². The van der Waals surface area contributed by atoms with Crippen molar-refractivity contribution in [3.05, 3.63) is 63.3 Å². The summed E-state index contributed by atoms with van der Waals surface area (Å²) in [5.41, 5.74) is 2.88. The van der Waals surface area contributed by atoms with Crippen LogP contribution in [-0.2, 0) is 4.79 Å². The molecule has 3 rings (SSSR count). The summed E-state index contributed by atoms with van der Waals surface area (Å²) in [5.74, 6) is -0.868. The maximum atomic E-state index is 12.5. The second kappa shape index (κ2) is 8.48. The summed E-state index contributed by atoms with van der Waals surface area (Å²) in [5, 5.41) is 2.33. The molecular weight excluding hydrogens is 390 g/mol. The van der Waals surface area contributed by atoms with Gasteiger partial charge in [-0.05, 0) is 49.7 Å². The lowest BCUT2D eigenvalue weighted by Crippen LogP contribution is -2.37. The van der Waals surface area contributed by atoms with E-state index in [-0.39, 0.29) is 35.9 Å². The number of aryl methyl sites for hydroxylation is 1. The van der Waals surface area contributed by atoms with E-state index in [1.165, 1.54) is 6.92 Å². The summed E-state index contributed by atoms with van der Waals surface area (Å²) in [6, 6.07) is 9.29. The molecule has 1 aromatic carbocycles. The lowest BCUT2D eigenvalue weighted by Gasteiger charge is -2.13. The number of aromatic amines is 1. The molecule has 2 heterocycles. The Hall–Kier alpha value is -3.13. The molecule has 2 N–H and O–H groups in total. The van der Waals surface area contributed by atoms with Crippen molar-refractivity contribution < 1.29 is 19.2 Å². The zero-order chi connectivity index (χ0) is 21.1. The fourth-order valence-electron chi connectivity index (χ4n) is 3.27. The highest BCUT2D eigenvalue weighted by atomic mass is 32.2. The third-order valence-corrected chi connectivity index (χ3v) is 5.52. The number of ketones is 1. The van der Waals surface area contributed by atoms with E-state index in [9.17, 15) is 19.2 Å². The molecule has 1 aliphatic rings. The zero-order valence-electron chi connectivity index (χ0n) is 16.4. The molecule has 0 bridgehead atoms. The van der Waals surface area contributed by atoms with Gasteiger partial charge in [0.15, 0.2) is 5.78 Å². The van der Waals surface area contributed by atoms with Gasteiger partial charge in [0.1, 0.15) is 5.69 Å². The largest absolute Gasteiger partial charge is 0.354 e. The van der Waals surface area contributed by atoms with Gasteiger partial charge >= 0.3 is 0 Å². The minimum absolute atomic E-state index is 0.0703. The van der Waals surface area contributed by atoms with Crippen molar-refractivity contribution in [3.63, 3.8) is 0 Å². The summed E-state index contributed by atoms with van der Waals surface area (Å²) in [6.07, 6.45) is 1.68. The number of thioether (sulfide) groups is 1. The molecule has 0 radical (unpaired) electrons. The molecule has 8 heteroatoms. The minimum atomic E-state index is -0.384. The van der Waals surface area contributed by atoms with E-state index in [2.05, 4.69) is 10.3 Å². The number of carbonyl (C=O) groups excluding carboxylic acids is 4. The van der Waals surface area contributed by atoms with Crippen LogP contribution < -0.4 is 5.32 Å². The van der Waals surface area contributed by atoms with Gasteiger partial charge in [-0.15, -0.1) is 0 Å². The number of nitrogens with one attached hydrogen (secondary N) is 2. The number of imide groups is 1. The number of hydrogen-bond donors (Lipinski definition) is 2. The average Bonchev–Trinajstić information content (AvgIpc) is 3.12. The van der Waals surface area contributed by atoms with Crippen LogP contribution in [0.5, 0.6) is 0 Å². The average molecular weight is 411 g/mol. The molecule has 1 saturated heterocycles. The molecule has 7 nitrogen and oxygen atoms in total. The lowest BCUT2D eigenvalue weighted by molar-refractivity contribution is -0.122. The van der Waals surface area contributed by atoms with Crippen LogP contribution in [0, 0.1) is 13.8 Å². The van der Waals surface area contributed by atoms with Crippen LogP contribution in [0.1, 0.15) is 44.6 Å². The standard InChI is InChI=1S/C21H21N3O4S/c1-12-17(14(3)25)13(2)23-18(12)19(26)22-9-10-24-20(27)16(29-21(24)28)11-15-7-5-4-6-8-15/h4-8,11,23H,9-10H2,1-3H3,(H,22,26). The van der Waals surface area contributed by atoms with Gasteiger partial charge in [0.2, 0.25) is 0 Å². The molecule has 0 spiro atoms. The first-order valence-electron chi connectivity index (χ1n) is 9.08. The first kappa shape index (κ1) is 20.6. The van der Waals surface area contributed by atoms with Crippen LogP contribution in [0.15, 0.2) is 35.2 Å². The van der Waals surface area contributed by atoms with Gasteiger partial charge in [0.05, 0.1) is 4.91 Å². The number of hydrogen-bond acceptors (Lipinski definition) is 5. The fraction of sp³-hybridized carbons (Fsp3) is 0.238. The molecule has 0 saturated carbocycles. The number of carbonyl (C=O) groups is 4. The second-order valence-electron chi connectivity index (χ2n) is 6.68. The summed E-state index contributed by atoms with van der Waals surface area (Å²) >= 11 is 0.885. The van der Waals surface area contributed by atoms with Crippen LogP contribution in [0.4, 0.5) is 4.79 Å². The number of nitrogens with zero attached hydrogens (tertiary/aromatic N) is 1. The number of amides is 3. The number of benzene rings is 1. The summed E-state index contributed by atoms with van der Waals surface area (Å²) in [4.78, 5) is 53.2. The number of rotatable bonds is 6. The predicted octanol–water partition coefficient (Wildman–Crippen LogP) is 3.30. The van der Waals surface area contributed by atoms with E-state index < -0.39 is 0 Å². The number of aromatic nitrogens is 1. The van der Waals surface area contributed by atoms with Crippen molar-refractivity contribution in [2.45, 2.75) is 20.8 Å². The Bertz CT molecular complexity index is 1020. The summed E-state index contributed by atoms with van der Waals surface area (Å²) in [7, 11) is 0. The molecule has 3 amide bonds. The van der Waals surface area contributed by atoms with Crippen molar-refractivity contribution in [1.29, 1.82) is 0 Å². The molecular formula is C21H21N3O4S. The topological polar surface area (TPSA) is 99.3 Å². The Kier molecular flexibility index (Phi) is 6.03. The zero-order valence-corrected chi connectivity index (χ0v) is 17.2. The van der Waals surface area contributed by atoms with E-state index in [4.69, 9.17) is 0 Å². The van der Waals surface area contributed by atoms with E-state index in [1.54, 1.807) is 19.9 Å². The highest BCUT2D eigenvalue weighted by Crippen LogP contribution is 2.31. The number of Topliss-reactive ketones (excluding diaryl/α,β-unsaturated/α-hetero) is 1. The highest BCUT2D eigenvalue weighted by molar-refractivity contribution is 8.18. The quantitative estimate of drug-likeness (QED) is 0.561. The molecule has 29 heavy (non-hydrogen) atoms. The van der Waals surface area contributed by atoms with Crippen LogP contribution in [0.2, 0.25) is 0 Å². The van der Waals surface area contributed by atoms with E-state index in [0.717, 1.165) is 22.2 Å². The van der Waals surface area contributed by atoms with Crippen molar-refractivity contribution >= 4 is 40.7 Å². The molecule has 1 fully saturated rings. The van der Waals surface area contributed by atoms with Crippen LogP contribution >= 0.6 is 11.8 Å².